The maximum absolute atomic E-state index is 13.0. The molecule has 2 aliphatic rings. The summed E-state index contributed by atoms with van der Waals surface area (Å²) in [5.41, 5.74) is 0.305. The molecule has 2 aliphatic heterocycles. The number of aromatic nitrogens is 1. The van der Waals surface area contributed by atoms with Crippen LogP contribution in [0.5, 0.6) is 0 Å². The number of carbonyl (C=O) groups excluding carboxylic acids is 1. The lowest BCUT2D eigenvalue weighted by Crippen LogP contribution is -2.50. The average Bonchev–Trinajstić information content (AvgIpc) is 3.18. The fraction of sp³-hybridized carbons (Fsp3) is 0.684. The number of nitrogens with zero attached hydrogens (tertiary/aromatic N) is 1. The molecule has 1 unspecified atom stereocenters. The Morgan fingerprint density at radius 3 is 2.62 bits per heavy atom. The molecular formula is C19H28N2O7S. The zero-order valence-electron chi connectivity index (χ0n) is 16.8. The third-order valence-electron chi connectivity index (χ3n) is 5.31. The number of ether oxygens (including phenoxy) is 3. The molecule has 9 nitrogen and oxygen atoms in total. The predicted molar refractivity (Wildman–Crippen MR) is 106 cm³/mol. The number of sulfone groups is 1. The molecule has 1 aromatic rings. The molecule has 0 spiro atoms. The zero-order chi connectivity index (χ0) is 21.1. The number of carbonyl (C=O) groups is 1. The van der Waals surface area contributed by atoms with E-state index in [1.807, 2.05) is 0 Å². The molecule has 3 rings (SSSR count). The van der Waals surface area contributed by atoms with Crippen LogP contribution in [0.3, 0.4) is 0 Å². The normalized spacial score (nSPS) is 21.5. The van der Waals surface area contributed by atoms with Crippen molar-refractivity contribution < 1.29 is 31.9 Å². The Kier molecular flexibility index (Phi) is 6.65. The number of hydrogen-bond donors (Lipinski definition) is 1. The molecule has 1 N–H and O–H groups in total. The molecule has 0 aliphatic carbocycles. The monoisotopic (exact) mass is 428 g/mol. The molecule has 162 valence electrons. The lowest BCUT2D eigenvalue weighted by Gasteiger charge is -2.30. The second-order valence-corrected chi connectivity index (χ2v) is 10.5. The van der Waals surface area contributed by atoms with Crippen LogP contribution in [0.4, 0.5) is 5.88 Å². The molecule has 1 amide bonds. The van der Waals surface area contributed by atoms with Crippen molar-refractivity contribution >= 4 is 27.4 Å². The molecule has 0 bridgehead atoms. The summed E-state index contributed by atoms with van der Waals surface area (Å²) in [6.07, 6.45) is 3.15. The van der Waals surface area contributed by atoms with Crippen LogP contribution in [-0.2, 0) is 28.8 Å². The number of hydrogen-bond acceptors (Lipinski definition) is 8. The highest BCUT2D eigenvalue weighted by molar-refractivity contribution is 7.94. The van der Waals surface area contributed by atoms with Gasteiger partial charge in [0.05, 0.1) is 11.9 Å². The van der Waals surface area contributed by atoms with E-state index >= 15 is 0 Å². The van der Waals surface area contributed by atoms with Gasteiger partial charge >= 0.3 is 0 Å². The second kappa shape index (κ2) is 8.85. The number of nitrogens with one attached hydrogen (secondary N) is 1. The summed E-state index contributed by atoms with van der Waals surface area (Å²) < 4.78 is 45.8. The molecule has 2 fully saturated rings. The van der Waals surface area contributed by atoms with Crippen LogP contribution in [0.2, 0.25) is 0 Å². The number of rotatable bonds is 7. The molecule has 29 heavy (non-hydrogen) atoms. The van der Waals surface area contributed by atoms with E-state index < -0.39 is 25.7 Å². The molecule has 3 heterocycles. The summed E-state index contributed by atoms with van der Waals surface area (Å²) in [7, 11) is -3.72. The quantitative estimate of drug-likeness (QED) is 0.659. The number of amides is 1. The van der Waals surface area contributed by atoms with Crippen molar-refractivity contribution in [3.05, 3.63) is 18.3 Å². The fourth-order valence-corrected chi connectivity index (χ4v) is 5.24. The second-order valence-electron chi connectivity index (χ2n) is 7.73. The minimum Gasteiger partial charge on any atom is -0.463 e. The molecule has 1 aromatic heterocycles. The largest absolute Gasteiger partial charge is 0.463 e. The van der Waals surface area contributed by atoms with Crippen molar-refractivity contribution in [1.29, 1.82) is 0 Å². The first kappa shape index (κ1) is 21.8. The maximum atomic E-state index is 13.0. The van der Waals surface area contributed by atoms with E-state index in [0.717, 1.165) is 19.3 Å². The highest BCUT2D eigenvalue weighted by Crippen LogP contribution is 2.29. The highest BCUT2D eigenvalue weighted by Gasteiger charge is 2.46. The molecule has 0 radical (unpaired) electrons. The van der Waals surface area contributed by atoms with E-state index in [9.17, 15) is 13.2 Å². The Hall–Kier alpha value is -1.91. The zero-order valence-corrected chi connectivity index (χ0v) is 17.6. The van der Waals surface area contributed by atoms with Gasteiger partial charge in [-0.15, -0.1) is 0 Å². The Bertz CT molecular complexity index is 834. The van der Waals surface area contributed by atoms with Crippen LogP contribution in [0.1, 0.15) is 51.6 Å². The third-order valence-corrected chi connectivity index (χ3v) is 8.27. The Balaban J connectivity index is 1.63. The lowest BCUT2D eigenvalue weighted by atomic mass is 10.2. The summed E-state index contributed by atoms with van der Waals surface area (Å²) in [4.78, 5) is 12.7. The van der Waals surface area contributed by atoms with Gasteiger partial charge in [0.1, 0.15) is 16.2 Å². The Labute approximate surface area is 170 Å². The van der Waals surface area contributed by atoms with Crippen molar-refractivity contribution in [1.82, 2.24) is 5.16 Å². The first-order chi connectivity index (χ1) is 13.7. The van der Waals surface area contributed by atoms with Gasteiger partial charge in [0.25, 0.3) is 0 Å². The number of anilines is 1. The fourth-order valence-electron chi connectivity index (χ4n) is 3.28. The van der Waals surface area contributed by atoms with Crippen molar-refractivity contribution in [3.8, 4) is 0 Å². The standard InChI is InChI=1S/C19H28N2O7S/c1-13(27-17-6-4-5-9-26-17)15-12-16(28-21-15)20-18(22)19(2,3)29(23,24)14-7-10-25-11-8-14/h12,14,17H,1,4-11H2,2-3H3,(H,20,22). The van der Waals surface area contributed by atoms with Gasteiger partial charge in [-0.2, -0.15) is 0 Å². The Morgan fingerprint density at radius 1 is 1.24 bits per heavy atom. The molecule has 0 aromatic carbocycles. The van der Waals surface area contributed by atoms with Crippen molar-refractivity contribution in [2.45, 2.75) is 62.2 Å². The smallest absolute Gasteiger partial charge is 0.247 e. The summed E-state index contributed by atoms with van der Waals surface area (Å²) in [6.45, 7) is 7.99. The van der Waals surface area contributed by atoms with E-state index in [1.54, 1.807) is 0 Å². The molecule has 2 saturated heterocycles. The van der Waals surface area contributed by atoms with E-state index in [1.165, 1.54) is 19.9 Å². The van der Waals surface area contributed by atoms with E-state index in [0.29, 0.717) is 38.4 Å². The predicted octanol–water partition coefficient (Wildman–Crippen LogP) is 2.50. The van der Waals surface area contributed by atoms with Crippen LogP contribution < -0.4 is 5.32 Å². The van der Waals surface area contributed by atoms with Crippen LogP contribution >= 0.6 is 0 Å². The van der Waals surface area contributed by atoms with Gasteiger partial charge in [-0.25, -0.2) is 8.42 Å². The first-order valence-corrected chi connectivity index (χ1v) is 11.3. The van der Waals surface area contributed by atoms with Gasteiger partial charge in [-0.3, -0.25) is 10.1 Å². The van der Waals surface area contributed by atoms with Crippen molar-refractivity contribution in [2.75, 3.05) is 25.1 Å². The van der Waals surface area contributed by atoms with Crippen LogP contribution in [0, 0.1) is 0 Å². The minimum atomic E-state index is -3.72. The molecular weight excluding hydrogens is 400 g/mol. The van der Waals surface area contributed by atoms with Gasteiger partial charge in [-0.05, 0) is 39.5 Å². The van der Waals surface area contributed by atoms with Crippen LogP contribution in [0.25, 0.3) is 5.76 Å². The summed E-state index contributed by atoms with van der Waals surface area (Å²) in [6, 6.07) is 1.44. The van der Waals surface area contributed by atoms with Crippen molar-refractivity contribution in [2.24, 2.45) is 0 Å². The lowest BCUT2D eigenvalue weighted by molar-refractivity contribution is -0.121. The van der Waals surface area contributed by atoms with Crippen LogP contribution in [0.15, 0.2) is 17.2 Å². The van der Waals surface area contributed by atoms with Gasteiger partial charge < -0.3 is 18.7 Å². The summed E-state index contributed by atoms with van der Waals surface area (Å²) >= 11 is 0. The highest BCUT2D eigenvalue weighted by atomic mass is 32.2. The topological polar surface area (TPSA) is 117 Å². The SMILES string of the molecule is C=C(OC1CCCCO1)c1cc(NC(=O)C(C)(C)S(=O)(=O)C2CCOCC2)on1. The maximum Gasteiger partial charge on any atom is 0.247 e. The molecule has 10 heteroatoms. The van der Waals surface area contributed by atoms with E-state index in [-0.39, 0.29) is 17.9 Å². The van der Waals surface area contributed by atoms with E-state index in [2.05, 4.69) is 17.1 Å². The van der Waals surface area contributed by atoms with Crippen LogP contribution in [-0.4, -0.2) is 55.6 Å². The molecule has 0 saturated carbocycles. The van der Waals surface area contributed by atoms with Gasteiger partial charge in [0, 0.05) is 25.7 Å². The minimum absolute atomic E-state index is 0.0227. The van der Waals surface area contributed by atoms with E-state index in [4.69, 9.17) is 18.7 Å². The Morgan fingerprint density at radius 2 is 1.97 bits per heavy atom. The summed E-state index contributed by atoms with van der Waals surface area (Å²) in [5.74, 6) is -0.404. The first-order valence-electron chi connectivity index (χ1n) is 9.78. The third kappa shape index (κ3) is 4.81. The van der Waals surface area contributed by atoms with Gasteiger partial charge in [0.2, 0.25) is 11.8 Å². The molecule has 1 atom stereocenters. The van der Waals surface area contributed by atoms with Gasteiger partial charge in [-0.1, -0.05) is 11.7 Å². The van der Waals surface area contributed by atoms with Crippen molar-refractivity contribution in [3.63, 3.8) is 0 Å². The van der Waals surface area contributed by atoms with Gasteiger partial charge in [0.15, 0.2) is 16.1 Å². The summed E-state index contributed by atoms with van der Waals surface area (Å²) in [5, 5.41) is 5.73. The average molecular weight is 429 g/mol.